The van der Waals surface area contributed by atoms with E-state index in [0.29, 0.717) is 17.0 Å². The fraction of sp³-hybridized carbons (Fsp3) is 0.217. The summed E-state index contributed by atoms with van der Waals surface area (Å²) in [6, 6.07) is 14.4. The van der Waals surface area contributed by atoms with Crippen LogP contribution in [-0.4, -0.2) is 42.5 Å². The summed E-state index contributed by atoms with van der Waals surface area (Å²) in [5.74, 6) is -0.798. The highest BCUT2D eigenvalue weighted by Gasteiger charge is 2.48. The lowest BCUT2D eigenvalue weighted by atomic mass is 10.0. The van der Waals surface area contributed by atoms with Gasteiger partial charge in [0.15, 0.2) is 5.76 Å². The maximum Gasteiger partial charge on any atom is 0.323 e. The van der Waals surface area contributed by atoms with Gasteiger partial charge in [0, 0.05) is 16.2 Å². The minimum Gasteiger partial charge on any atom is -0.503 e. The van der Waals surface area contributed by atoms with Crippen LogP contribution in [0.25, 0.3) is 4.91 Å². The Labute approximate surface area is 178 Å². The number of methoxy groups -OCH3 is 2. The van der Waals surface area contributed by atoms with E-state index in [4.69, 9.17) is 9.47 Å². The molecule has 154 valence electrons. The summed E-state index contributed by atoms with van der Waals surface area (Å²) in [6.45, 7) is 2.00. The zero-order chi connectivity index (χ0) is 21.4. The highest BCUT2D eigenvalue weighted by Crippen LogP contribution is 2.47. The topological polar surface area (TPSA) is 76.1 Å². The molecule has 0 fully saturated rings. The Morgan fingerprint density at radius 3 is 2.33 bits per heavy atom. The summed E-state index contributed by atoms with van der Waals surface area (Å²) in [6.07, 6.45) is 1.91. The molecule has 4 rings (SSSR count). The van der Waals surface area contributed by atoms with Crippen LogP contribution in [0, 0.1) is 6.92 Å². The molecule has 2 unspecified atom stereocenters. The van der Waals surface area contributed by atoms with E-state index in [1.165, 1.54) is 23.8 Å². The minimum atomic E-state index is -0.812. The van der Waals surface area contributed by atoms with E-state index >= 15 is 0 Å². The minimum absolute atomic E-state index is 0.350. The third-order valence-corrected chi connectivity index (χ3v) is 6.54. The van der Waals surface area contributed by atoms with Gasteiger partial charge in [0.1, 0.15) is 11.0 Å². The van der Waals surface area contributed by atoms with Crippen LogP contribution in [0.4, 0.5) is 5.69 Å². The summed E-state index contributed by atoms with van der Waals surface area (Å²) in [5, 5.41) is 9.84. The van der Waals surface area contributed by atoms with Gasteiger partial charge in [-0.3, -0.25) is 14.5 Å². The van der Waals surface area contributed by atoms with Crippen LogP contribution >= 0.6 is 11.8 Å². The van der Waals surface area contributed by atoms with Crippen molar-refractivity contribution < 1.29 is 24.2 Å². The van der Waals surface area contributed by atoms with Crippen LogP contribution in [0.2, 0.25) is 0 Å². The molecule has 2 aliphatic rings. The maximum absolute atomic E-state index is 13.0. The first-order valence-corrected chi connectivity index (χ1v) is 10.3. The number of amides is 1. The molecule has 0 bridgehead atoms. The fourth-order valence-electron chi connectivity index (χ4n) is 3.64. The summed E-state index contributed by atoms with van der Waals surface area (Å²) < 4.78 is 10.2. The number of esters is 1. The first-order chi connectivity index (χ1) is 14.4. The Balaban J connectivity index is 1.82. The number of hydrogen-bond acceptors (Lipinski definition) is 6. The van der Waals surface area contributed by atoms with Crippen LogP contribution in [0.5, 0.6) is 5.75 Å². The molecule has 1 amide bonds. The second kappa shape index (κ2) is 7.91. The molecular weight excluding hydrogens is 402 g/mol. The van der Waals surface area contributed by atoms with E-state index in [1.807, 2.05) is 37.3 Å². The standard InChI is InChI=1S/C23H21NO5S/c1-13-4-6-14(7-5-13)18-12-17-19(21(30-18)23(27)29-3)20(25)22(26)24(17)15-8-10-16(28-2)11-9-15/h4-12,17,21,25H,1-3H3. The van der Waals surface area contributed by atoms with E-state index in [9.17, 15) is 14.7 Å². The molecule has 7 heteroatoms. The zero-order valence-electron chi connectivity index (χ0n) is 16.8. The molecule has 2 atom stereocenters. The lowest BCUT2D eigenvalue weighted by Gasteiger charge is -2.31. The fourth-order valence-corrected chi connectivity index (χ4v) is 4.95. The normalized spacial score (nSPS) is 20.7. The van der Waals surface area contributed by atoms with E-state index in [-0.39, 0.29) is 0 Å². The molecule has 0 radical (unpaired) electrons. The Morgan fingerprint density at radius 2 is 1.73 bits per heavy atom. The van der Waals surface area contributed by atoms with Gasteiger partial charge in [-0.05, 0) is 42.8 Å². The number of thioether (sulfide) groups is 1. The molecule has 0 spiro atoms. The number of benzene rings is 2. The predicted octanol–water partition coefficient (Wildman–Crippen LogP) is 3.86. The van der Waals surface area contributed by atoms with Crippen molar-refractivity contribution in [3.8, 4) is 5.75 Å². The van der Waals surface area contributed by atoms with Crippen LogP contribution in [-0.2, 0) is 14.3 Å². The lowest BCUT2D eigenvalue weighted by molar-refractivity contribution is -0.139. The van der Waals surface area contributed by atoms with Crippen LogP contribution in [0.15, 0.2) is 65.9 Å². The SMILES string of the molecule is COC(=O)C1SC(c2ccc(C)cc2)=CC2C1=C(O)C(=O)N2c1ccc(OC)cc1. The molecule has 2 aromatic rings. The first-order valence-electron chi connectivity index (χ1n) is 9.38. The second-order valence-electron chi connectivity index (χ2n) is 7.04. The van der Waals surface area contributed by atoms with Crippen LogP contribution in [0.3, 0.4) is 0 Å². The Hall–Kier alpha value is -3.19. The van der Waals surface area contributed by atoms with Gasteiger partial charge in [0.2, 0.25) is 0 Å². The van der Waals surface area contributed by atoms with Gasteiger partial charge in [0.25, 0.3) is 5.91 Å². The number of aryl methyl sites for hydroxylation is 1. The number of aliphatic hydroxyl groups excluding tert-OH is 1. The predicted molar refractivity (Wildman–Crippen MR) is 116 cm³/mol. The molecular formula is C23H21NO5S. The molecule has 0 aliphatic carbocycles. The third-order valence-electron chi connectivity index (χ3n) is 5.23. The van der Waals surface area contributed by atoms with Crippen molar-refractivity contribution in [2.75, 3.05) is 19.1 Å². The number of carbonyl (C=O) groups is 2. The van der Waals surface area contributed by atoms with Gasteiger partial charge in [-0.1, -0.05) is 29.8 Å². The largest absolute Gasteiger partial charge is 0.503 e. The van der Waals surface area contributed by atoms with Gasteiger partial charge in [-0.15, -0.1) is 11.8 Å². The average molecular weight is 423 g/mol. The van der Waals surface area contributed by atoms with Gasteiger partial charge in [-0.25, -0.2) is 0 Å². The van der Waals surface area contributed by atoms with Crippen molar-refractivity contribution >= 4 is 34.2 Å². The van der Waals surface area contributed by atoms with Gasteiger partial charge in [-0.2, -0.15) is 0 Å². The first kappa shape index (κ1) is 20.1. The molecule has 1 N–H and O–H groups in total. The molecule has 0 saturated carbocycles. The number of hydrogen-bond donors (Lipinski definition) is 1. The van der Waals surface area contributed by atoms with Crippen LogP contribution in [0.1, 0.15) is 11.1 Å². The van der Waals surface area contributed by atoms with Crippen molar-refractivity contribution in [1.82, 2.24) is 0 Å². The van der Waals surface area contributed by atoms with E-state index < -0.39 is 28.9 Å². The summed E-state index contributed by atoms with van der Waals surface area (Å²) in [7, 11) is 2.87. The van der Waals surface area contributed by atoms with Gasteiger partial charge < -0.3 is 14.6 Å². The number of nitrogens with zero attached hydrogens (tertiary/aromatic N) is 1. The van der Waals surface area contributed by atoms with Crippen molar-refractivity contribution in [2.45, 2.75) is 18.2 Å². The molecule has 0 saturated heterocycles. The van der Waals surface area contributed by atoms with Crippen molar-refractivity contribution in [3.63, 3.8) is 0 Å². The quantitative estimate of drug-likeness (QED) is 0.753. The smallest absolute Gasteiger partial charge is 0.323 e. The second-order valence-corrected chi connectivity index (χ2v) is 8.19. The number of rotatable bonds is 4. The summed E-state index contributed by atoms with van der Waals surface area (Å²) in [4.78, 5) is 27.9. The van der Waals surface area contributed by atoms with E-state index in [1.54, 1.807) is 31.4 Å². The highest BCUT2D eigenvalue weighted by atomic mass is 32.2. The molecule has 2 aromatic carbocycles. The summed E-state index contributed by atoms with van der Waals surface area (Å²) >= 11 is 1.28. The molecule has 6 nitrogen and oxygen atoms in total. The molecule has 2 aliphatic heterocycles. The van der Waals surface area contributed by atoms with Crippen LogP contribution < -0.4 is 9.64 Å². The van der Waals surface area contributed by atoms with E-state index in [0.717, 1.165) is 16.0 Å². The Bertz CT molecular complexity index is 1060. The number of aliphatic hydroxyl groups is 1. The molecule has 2 heterocycles. The monoisotopic (exact) mass is 423 g/mol. The molecule has 30 heavy (non-hydrogen) atoms. The Kier molecular flexibility index (Phi) is 5.30. The Morgan fingerprint density at radius 1 is 1.07 bits per heavy atom. The van der Waals surface area contributed by atoms with Crippen molar-refractivity contribution in [3.05, 3.63) is 77.1 Å². The number of carbonyl (C=O) groups excluding carboxylic acids is 2. The number of fused-ring (bicyclic) bond motifs is 1. The van der Waals surface area contributed by atoms with Gasteiger partial charge in [0.05, 0.1) is 20.3 Å². The highest BCUT2D eigenvalue weighted by molar-refractivity contribution is 8.09. The lowest BCUT2D eigenvalue weighted by Crippen LogP contribution is -2.39. The third kappa shape index (κ3) is 3.35. The number of anilines is 1. The number of ether oxygens (including phenoxy) is 2. The van der Waals surface area contributed by atoms with Crippen molar-refractivity contribution in [2.24, 2.45) is 0 Å². The summed E-state index contributed by atoms with van der Waals surface area (Å²) in [5.41, 5.74) is 3.01. The van der Waals surface area contributed by atoms with E-state index in [2.05, 4.69) is 0 Å². The maximum atomic E-state index is 13.0. The molecule has 0 aromatic heterocycles. The van der Waals surface area contributed by atoms with Gasteiger partial charge >= 0.3 is 5.97 Å². The average Bonchev–Trinajstić information content (AvgIpc) is 3.03. The zero-order valence-corrected chi connectivity index (χ0v) is 17.6. The van der Waals surface area contributed by atoms with Crippen molar-refractivity contribution in [1.29, 1.82) is 0 Å².